The quantitative estimate of drug-likeness (QED) is 0.426. The molecule has 2 heteroatoms. The summed E-state index contributed by atoms with van der Waals surface area (Å²) in [4.78, 5) is 7.58. The molecule has 0 unspecified atom stereocenters. The molecule has 0 spiro atoms. The van der Waals surface area contributed by atoms with Crippen LogP contribution in [0.3, 0.4) is 0 Å². The van der Waals surface area contributed by atoms with Gasteiger partial charge < -0.3 is 4.85 Å². The lowest BCUT2D eigenvalue weighted by Gasteiger charge is -2.28. The molecule has 0 N–H and O–H groups in total. The van der Waals surface area contributed by atoms with Crippen molar-refractivity contribution < 1.29 is 0 Å². The van der Waals surface area contributed by atoms with Gasteiger partial charge in [0.05, 0.1) is 0 Å². The van der Waals surface area contributed by atoms with Crippen molar-refractivity contribution in [2.45, 2.75) is 77.0 Å². The Balaban J connectivity index is 1.69. The molecule has 0 aliphatic heterocycles. The fourth-order valence-corrected chi connectivity index (χ4v) is 3.53. The molecule has 1 aromatic rings. The van der Waals surface area contributed by atoms with Crippen molar-refractivity contribution >= 4 is 5.82 Å². The van der Waals surface area contributed by atoms with Gasteiger partial charge >= 0.3 is 0 Å². The number of rotatable bonds is 7. The minimum atomic E-state index is 0.513. The van der Waals surface area contributed by atoms with Crippen molar-refractivity contribution in [1.82, 2.24) is 4.98 Å². The zero-order valence-electron chi connectivity index (χ0n) is 13.4. The van der Waals surface area contributed by atoms with E-state index in [9.17, 15) is 0 Å². The van der Waals surface area contributed by atoms with Gasteiger partial charge in [0.15, 0.2) is 0 Å². The van der Waals surface area contributed by atoms with E-state index in [2.05, 4.69) is 22.8 Å². The lowest BCUT2D eigenvalue weighted by Crippen LogP contribution is -2.13. The Morgan fingerprint density at radius 3 is 2.48 bits per heavy atom. The lowest BCUT2D eigenvalue weighted by molar-refractivity contribution is 0.301. The molecule has 0 bridgehead atoms. The maximum Gasteiger partial charge on any atom is 0.269 e. The normalized spacial score (nSPS) is 21.9. The third-order valence-corrected chi connectivity index (χ3v) is 4.92. The highest BCUT2D eigenvalue weighted by atomic mass is 14.8. The predicted octanol–water partition coefficient (Wildman–Crippen LogP) is 6.27. The highest BCUT2D eigenvalue weighted by Crippen LogP contribution is 2.37. The van der Waals surface area contributed by atoms with Gasteiger partial charge in [-0.05, 0) is 49.1 Å². The number of pyridine rings is 1. The Kier molecular flexibility index (Phi) is 6.73. The van der Waals surface area contributed by atoms with Crippen molar-refractivity contribution in [2.75, 3.05) is 0 Å². The molecule has 21 heavy (non-hydrogen) atoms. The van der Waals surface area contributed by atoms with Crippen molar-refractivity contribution in [3.05, 3.63) is 35.3 Å². The fraction of sp³-hybridized carbons (Fsp3) is 0.684. The molecular formula is C19H28N2. The molecule has 0 amide bonds. The minimum absolute atomic E-state index is 0.513. The largest absolute Gasteiger partial charge is 0.361 e. The molecule has 2 rings (SSSR count). The van der Waals surface area contributed by atoms with Gasteiger partial charge in [0.2, 0.25) is 0 Å². The summed E-state index contributed by atoms with van der Waals surface area (Å²) in [5.41, 5.74) is 1.34. The SMILES string of the molecule is [C-]#[N+]c1ccc(C2CCC(CCCCCCC)CC2)cn1. The summed E-state index contributed by atoms with van der Waals surface area (Å²) in [6, 6.07) is 3.97. The average Bonchev–Trinajstić information content (AvgIpc) is 2.55. The molecular weight excluding hydrogens is 256 g/mol. The van der Waals surface area contributed by atoms with E-state index in [0.29, 0.717) is 11.7 Å². The van der Waals surface area contributed by atoms with Crippen LogP contribution in [0.4, 0.5) is 5.82 Å². The number of hydrogen-bond donors (Lipinski definition) is 0. The molecule has 114 valence electrons. The first-order valence-electron chi connectivity index (χ1n) is 8.67. The minimum Gasteiger partial charge on any atom is -0.361 e. The Morgan fingerprint density at radius 1 is 1.10 bits per heavy atom. The summed E-state index contributed by atoms with van der Waals surface area (Å²) in [5, 5.41) is 0. The molecule has 0 atom stereocenters. The molecule has 1 aliphatic rings. The van der Waals surface area contributed by atoms with Crippen LogP contribution in [-0.4, -0.2) is 4.98 Å². The summed E-state index contributed by atoms with van der Waals surface area (Å²) < 4.78 is 0. The second kappa shape index (κ2) is 8.82. The molecule has 2 nitrogen and oxygen atoms in total. The Labute approximate surface area is 129 Å². The van der Waals surface area contributed by atoms with Crippen LogP contribution in [-0.2, 0) is 0 Å². The number of unbranched alkanes of at least 4 members (excludes halogenated alkanes) is 4. The van der Waals surface area contributed by atoms with Crippen LogP contribution in [0.5, 0.6) is 0 Å². The molecule has 1 aliphatic carbocycles. The van der Waals surface area contributed by atoms with E-state index in [0.717, 1.165) is 5.92 Å². The van der Waals surface area contributed by atoms with Gasteiger partial charge in [0.25, 0.3) is 5.82 Å². The van der Waals surface area contributed by atoms with Gasteiger partial charge in [-0.1, -0.05) is 58.1 Å². The smallest absolute Gasteiger partial charge is 0.269 e. The zero-order valence-corrected chi connectivity index (χ0v) is 13.4. The van der Waals surface area contributed by atoms with Crippen LogP contribution in [0, 0.1) is 12.5 Å². The van der Waals surface area contributed by atoms with E-state index in [1.54, 1.807) is 0 Å². The van der Waals surface area contributed by atoms with Gasteiger partial charge in [-0.3, -0.25) is 0 Å². The Hall–Kier alpha value is -1.36. The second-order valence-electron chi connectivity index (χ2n) is 6.48. The van der Waals surface area contributed by atoms with E-state index in [1.165, 1.54) is 69.8 Å². The summed E-state index contributed by atoms with van der Waals surface area (Å²) in [7, 11) is 0. The third kappa shape index (κ3) is 5.16. The molecule has 0 saturated heterocycles. The van der Waals surface area contributed by atoms with Crippen molar-refractivity contribution in [3.63, 3.8) is 0 Å². The highest BCUT2D eigenvalue weighted by Gasteiger charge is 2.22. The van der Waals surface area contributed by atoms with Crippen molar-refractivity contribution in [1.29, 1.82) is 0 Å². The van der Waals surface area contributed by atoms with Gasteiger partial charge in [0.1, 0.15) is 6.20 Å². The Morgan fingerprint density at radius 2 is 1.86 bits per heavy atom. The summed E-state index contributed by atoms with van der Waals surface area (Å²) in [6.45, 7) is 9.23. The Bertz CT molecular complexity index is 436. The summed E-state index contributed by atoms with van der Waals surface area (Å²) in [6.07, 6.45) is 15.7. The van der Waals surface area contributed by atoms with E-state index < -0.39 is 0 Å². The van der Waals surface area contributed by atoms with Crippen molar-refractivity contribution in [2.24, 2.45) is 5.92 Å². The van der Waals surface area contributed by atoms with Gasteiger partial charge in [-0.25, -0.2) is 0 Å². The predicted molar refractivity (Wildman–Crippen MR) is 88.6 cm³/mol. The second-order valence-corrected chi connectivity index (χ2v) is 6.48. The van der Waals surface area contributed by atoms with E-state index in [-0.39, 0.29) is 0 Å². The summed E-state index contributed by atoms with van der Waals surface area (Å²) in [5.74, 6) is 2.14. The maximum absolute atomic E-state index is 6.95. The van der Waals surface area contributed by atoms with Crippen LogP contribution in [0.2, 0.25) is 0 Å². The first-order valence-corrected chi connectivity index (χ1v) is 8.67. The average molecular weight is 284 g/mol. The van der Waals surface area contributed by atoms with E-state index in [4.69, 9.17) is 6.57 Å². The van der Waals surface area contributed by atoms with Gasteiger partial charge in [-0.2, -0.15) is 0 Å². The lowest BCUT2D eigenvalue weighted by atomic mass is 9.77. The number of hydrogen-bond acceptors (Lipinski definition) is 1. The highest BCUT2D eigenvalue weighted by molar-refractivity contribution is 5.37. The zero-order chi connectivity index (χ0) is 14.9. The van der Waals surface area contributed by atoms with Gasteiger partial charge in [-0.15, -0.1) is 4.98 Å². The number of nitrogens with zero attached hydrogens (tertiary/aromatic N) is 2. The fourth-order valence-electron chi connectivity index (χ4n) is 3.53. The van der Waals surface area contributed by atoms with Crippen LogP contribution in [0.15, 0.2) is 18.3 Å². The monoisotopic (exact) mass is 284 g/mol. The first-order chi connectivity index (χ1) is 10.3. The van der Waals surface area contributed by atoms with E-state index in [1.807, 2.05) is 12.3 Å². The van der Waals surface area contributed by atoms with Gasteiger partial charge in [0, 0.05) is 0 Å². The molecule has 0 radical (unpaired) electrons. The van der Waals surface area contributed by atoms with Crippen LogP contribution < -0.4 is 0 Å². The maximum atomic E-state index is 6.95. The first kappa shape index (κ1) is 16.0. The molecule has 1 aromatic heterocycles. The topological polar surface area (TPSA) is 17.2 Å². The molecule has 0 aromatic carbocycles. The van der Waals surface area contributed by atoms with Crippen molar-refractivity contribution in [3.8, 4) is 0 Å². The van der Waals surface area contributed by atoms with Crippen LogP contribution in [0.1, 0.15) is 82.6 Å². The standard InChI is InChI=1S/C19H28N2/c1-3-4-5-6-7-8-16-9-11-17(12-10-16)18-13-14-19(20-2)21-15-18/h13-17H,3-12H2,1H3. The number of aromatic nitrogens is 1. The molecule has 1 fully saturated rings. The molecule has 1 saturated carbocycles. The molecule has 1 heterocycles. The van der Waals surface area contributed by atoms with Crippen LogP contribution >= 0.6 is 0 Å². The summed E-state index contributed by atoms with van der Waals surface area (Å²) >= 11 is 0. The third-order valence-electron chi connectivity index (χ3n) is 4.92. The van der Waals surface area contributed by atoms with Crippen LogP contribution in [0.25, 0.3) is 4.85 Å². The van der Waals surface area contributed by atoms with E-state index >= 15 is 0 Å².